The first-order valence-corrected chi connectivity index (χ1v) is 4.29. The average molecular weight is 189 g/mol. The molecule has 0 rings (SSSR count). The number of urea groups is 1. The molecule has 2 amide bonds. The molecule has 0 aliphatic rings. The van der Waals surface area contributed by atoms with Crippen LogP contribution in [0.5, 0.6) is 0 Å². The topological polar surface area (TPSA) is 67.2 Å². The fraction of sp³-hybridized carbons (Fsp3) is 0.714. The van der Waals surface area contributed by atoms with Gasteiger partial charge in [0.1, 0.15) is 0 Å². The van der Waals surface area contributed by atoms with Gasteiger partial charge in [-0.15, -0.1) is 0 Å². The van der Waals surface area contributed by atoms with Crippen molar-refractivity contribution in [3.8, 4) is 0 Å². The van der Waals surface area contributed by atoms with E-state index in [4.69, 9.17) is 18.0 Å². The molecule has 0 aromatic carbocycles. The summed E-state index contributed by atoms with van der Waals surface area (Å²) in [6.45, 7) is 4.33. The van der Waals surface area contributed by atoms with Crippen LogP contribution in [0.1, 0.15) is 20.3 Å². The molecule has 70 valence electrons. The van der Waals surface area contributed by atoms with Crippen molar-refractivity contribution >= 4 is 23.2 Å². The van der Waals surface area contributed by atoms with Crippen molar-refractivity contribution in [3.05, 3.63) is 0 Å². The molecule has 0 aliphatic carbocycles. The molecule has 0 radical (unpaired) electrons. The van der Waals surface area contributed by atoms with Crippen LogP contribution >= 0.6 is 12.2 Å². The number of rotatable bonds is 4. The Kier molecular flexibility index (Phi) is 5.36. The molecule has 5 heteroatoms. The van der Waals surface area contributed by atoms with Crippen LogP contribution in [-0.2, 0) is 0 Å². The van der Waals surface area contributed by atoms with E-state index in [0.29, 0.717) is 18.0 Å². The van der Waals surface area contributed by atoms with Gasteiger partial charge < -0.3 is 16.4 Å². The van der Waals surface area contributed by atoms with Gasteiger partial charge in [0, 0.05) is 19.0 Å². The van der Waals surface area contributed by atoms with Crippen LogP contribution in [0.4, 0.5) is 4.79 Å². The van der Waals surface area contributed by atoms with Gasteiger partial charge in [-0.3, -0.25) is 0 Å². The molecule has 0 aromatic rings. The second-order valence-electron chi connectivity index (χ2n) is 2.58. The second-order valence-corrected chi connectivity index (χ2v) is 3.10. The van der Waals surface area contributed by atoms with Crippen LogP contribution in [0.25, 0.3) is 0 Å². The lowest BCUT2D eigenvalue weighted by Crippen LogP contribution is -2.41. The van der Waals surface area contributed by atoms with Crippen molar-refractivity contribution in [2.75, 3.05) is 6.54 Å². The molecule has 0 fully saturated rings. The second kappa shape index (κ2) is 5.77. The molecular formula is C7H15N3OS. The van der Waals surface area contributed by atoms with Crippen LogP contribution in [0, 0.1) is 0 Å². The van der Waals surface area contributed by atoms with Crippen LogP contribution < -0.4 is 16.4 Å². The first kappa shape index (κ1) is 11.2. The molecule has 0 saturated carbocycles. The summed E-state index contributed by atoms with van der Waals surface area (Å²) in [5.41, 5.74) is 5.30. The molecule has 12 heavy (non-hydrogen) atoms. The number of carbonyl (C=O) groups is 1. The normalized spacial score (nSPS) is 11.8. The first-order valence-electron chi connectivity index (χ1n) is 3.89. The highest BCUT2D eigenvalue weighted by atomic mass is 32.1. The molecular weight excluding hydrogens is 174 g/mol. The van der Waals surface area contributed by atoms with E-state index in [1.165, 1.54) is 0 Å². The van der Waals surface area contributed by atoms with E-state index in [2.05, 4.69) is 10.6 Å². The minimum atomic E-state index is -0.179. The van der Waals surface area contributed by atoms with E-state index in [1.807, 2.05) is 13.8 Å². The molecule has 0 aliphatic heterocycles. The lowest BCUT2D eigenvalue weighted by Gasteiger charge is -2.12. The molecule has 0 heterocycles. The SMILES string of the molecule is CCNC(=O)NC(C)CC(N)=S. The Balaban J connectivity index is 3.61. The fourth-order valence-electron chi connectivity index (χ4n) is 0.788. The minimum absolute atomic E-state index is 0.00551. The van der Waals surface area contributed by atoms with Gasteiger partial charge >= 0.3 is 6.03 Å². The van der Waals surface area contributed by atoms with Gasteiger partial charge in [0.25, 0.3) is 0 Å². The number of thiocarbonyl (C=S) groups is 1. The van der Waals surface area contributed by atoms with Crippen molar-refractivity contribution in [2.24, 2.45) is 5.73 Å². The molecule has 0 spiro atoms. The number of nitrogens with two attached hydrogens (primary N) is 1. The molecule has 4 nitrogen and oxygen atoms in total. The Bertz CT molecular complexity index is 172. The summed E-state index contributed by atoms with van der Waals surface area (Å²) < 4.78 is 0. The number of hydrogen-bond donors (Lipinski definition) is 3. The zero-order valence-corrected chi connectivity index (χ0v) is 8.20. The number of amides is 2. The highest BCUT2D eigenvalue weighted by Gasteiger charge is 2.06. The Hall–Kier alpha value is -0.840. The van der Waals surface area contributed by atoms with Crippen LogP contribution in [0.2, 0.25) is 0 Å². The predicted molar refractivity (Wildman–Crippen MR) is 53.1 cm³/mol. The maximum atomic E-state index is 10.9. The van der Waals surface area contributed by atoms with Crippen LogP contribution in [-0.4, -0.2) is 23.6 Å². The third-order valence-corrected chi connectivity index (χ3v) is 1.39. The molecule has 0 aromatic heterocycles. The summed E-state index contributed by atoms with van der Waals surface area (Å²) in [4.78, 5) is 11.3. The fourth-order valence-corrected chi connectivity index (χ4v) is 1.04. The van der Waals surface area contributed by atoms with Crippen LogP contribution in [0.3, 0.4) is 0 Å². The predicted octanol–water partition coefficient (Wildman–Crippen LogP) is 0.370. The molecule has 1 atom stereocenters. The van der Waals surface area contributed by atoms with Crippen molar-refractivity contribution in [1.29, 1.82) is 0 Å². The zero-order chi connectivity index (χ0) is 9.56. The molecule has 1 unspecified atom stereocenters. The van der Waals surface area contributed by atoms with Crippen molar-refractivity contribution < 1.29 is 4.79 Å². The van der Waals surface area contributed by atoms with E-state index in [1.54, 1.807) is 0 Å². The number of carbonyl (C=O) groups excluding carboxylic acids is 1. The summed E-state index contributed by atoms with van der Waals surface area (Å²) in [5.74, 6) is 0. The maximum absolute atomic E-state index is 10.9. The van der Waals surface area contributed by atoms with Gasteiger partial charge in [0.05, 0.1) is 4.99 Å². The summed E-state index contributed by atoms with van der Waals surface area (Å²) >= 11 is 4.70. The third kappa shape index (κ3) is 5.91. The first-order chi connectivity index (χ1) is 5.56. The standard InChI is InChI=1S/C7H15N3OS/c1-3-9-7(11)10-5(2)4-6(8)12/h5H,3-4H2,1-2H3,(H2,8,12)(H2,9,10,11). The van der Waals surface area contributed by atoms with E-state index >= 15 is 0 Å². The Morgan fingerprint density at radius 1 is 1.67 bits per heavy atom. The van der Waals surface area contributed by atoms with Gasteiger partial charge in [-0.1, -0.05) is 12.2 Å². The van der Waals surface area contributed by atoms with E-state index in [9.17, 15) is 4.79 Å². The summed E-state index contributed by atoms with van der Waals surface area (Å²) in [7, 11) is 0. The van der Waals surface area contributed by atoms with Gasteiger partial charge in [-0.2, -0.15) is 0 Å². The Labute approximate surface area is 77.9 Å². The highest BCUT2D eigenvalue weighted by Crippen LogP contribution is 1.89. The quantitative estimate of drug-likeness (QED) is 0.560. The summed E-state index contributed by atoms with van der Waals surface area (Å²) in [6, 6.07) is -0.185. The summed E-state index contributed by atoms with van der Waals surface area (Å²) in [6.07, 6.45) is 0.534. The lowest BCUT2D eigenvalue weighted by molar-refractivity contribution is 0.238. The number of nitrogens with one attached hydrogen (secondary N) is 2. The monoisotopic (exact) mass is 189 g/mol. The van der Waals surface area contributed by atoms with Gasteiger partial charge in [0.15, 0.2) is 0 Å². The van der Waals surface area contributed by atoms with Crippen molar-refractivity contribution in [3.63, 3.8) is 0 Å². The Morgan fingerprint density at radius 3 is 2.67 bits per heavy atom. The molecule has 0 saturated heterocycles. The zero-order valence-electron chi connectivity index (χ0n) is 7.39. The van der Waals surface area contributed by atoms with Crippen molar-refractivity contribution in [2.45, 2.75) is 26.3 Å². The number of hydrogen-bond acceptors (Lipinski definition) is 2. The maximum Gasteiger partial charge on any atom is 0.314 e. The minimum Gasteiger partial charge on any atom is -0.393 e. The van der Waals surface area contributed by atoms with E-state index < -0.39 is 0 Å². The van der Waals surface area contributed by atoms with E-state index in [0.717, 1.165) is 0 Å². The van der Waals surface area contributed by atoms with Gasteiger partial charge in [-0.05, 0) is 13.8 Å². The van der Waals surface area contributed by atoms with E-state index in [-0.39, 0.29) is 12.1 Å². The third-order valence-electron chi connectivity index (χ3n) is 1.22. The lowest BCUT2D eigenvalue weighted by atomic mass is 10.2. The highest BCUT2D eigenvalue weighted by molar-refractivity contribution is 7.80. The van der Waals surface area contributed by atoms with Crippen molar-refractivity contribution in [1.82, 2.24) is 10.6 Å². The Morgan fingerprint density at radius 2 is 2.25 bits per heavy atom. The summed E-state index contributed by atoms with van der Waals surface area (Å²) in [5, 5.41) is 5.31. The van der Waals surface area contributed by atoms with Gasteiger partial charge in [0.2, 0.25) is 0 Å². The largest absolute Gasteiger partial charge is 0.393 e. The van der Waals surface area contributed by atoms with Gasteiger partial charge in [-0.25, -0.2) is 4.79 Å². The smallest absolute Gasteiger partial charge is 0.314 e. The average Bonchev–Trinajstić information content (AvgIpc) is 1.84. The molecule has 4 N–H and O–H groups in total. The van der Waals surface area contributed by atoms with Crippen LogP contribution in [0.15, 0.2) is 0 Å². The molecule has 0 bridgehead atoms.